The van der Waals surface area contributed by atoms with Crippen LogP contribution in [0, 0.1) is 0 Å². The Morgan fingerprint density at radius 3 is 2.56 bits per heavy atom. The van der Waals surface area contributed by atoms with Crippen molar-refractivity contribution in [3.05, 3.63) is 0 Å². The van der Waals surface area contributed by atoms with E-state index in [2.05, 4.69) is 0 Å². The summed E-state index contributed by atoms with van der Waals surface area (Å²) in [4.78, 5) is 21.4. The van der Waals surface area contributed by atoms with Gasteiger partial charge in [-0.25, -0.2) is 9.18 Å². The molecule has 0 aromatic rings. The number of alkyl halides is 1. The topological polar surface area (TPSA) is 49.4 Å². The maximum Gasteiger partial charge on any atom is 0.326 e. The van der Waals surface area contributed by atoms with E-state index in [9.17, 15) is 14.0 Å². The molecule has 1 heterocycles. The Balaban J connectivity index is 2.58. The number of amides is 3. The van der Waals surface area contributed by atoms with E-state index in [0.717, 1.165) is 4.90 Å². The van der Waals surface area contributed by atoms with Crippen molar-refractivity contribution in [2.75, 3.05) is 13.3 Å². The van der Waals surface area contributed by atoms with E-state index in [1.54, 1.807) is 0 Å². The van der Waals surface area contributed by atoms with Gasteiger partial charge in [0.15, 0.2) is 6.80 Å². The van der Waals surface area contributed by atoms with Gasteiger partial charge in [-0.1, -0.05) is 0 Å². The number of nitrogens with one attached hydrogen (secondary N) is 1. The zero-order valence-corrected chi connectivity index (χ0v) is 4.56. The number of hydrogen-bond donors (Lipinski definition) is 1. The number of rotatable bonds is 1. The van der Waals surface area contributed by atoms with Crippen LogP contribution in [-0.2, 0) is 4.79 Å². The number of urea groups is 1. The third-order valence-corrected chi connectivity index (χ3v) is 1.01. The van der Waals surface area contributed by atoms with Gasteiger partial charge in [-0.05, 0) is 0 Å². The van der Waals surface area contributed by atoms with Gasteiger partial charge in [0.25, 0.3) is 0 Å². The Morgan fingerprint density at radius 2 is 2.33 bits per heavy atom. The Hall–Kier alpha value is -1.13. The van der Waals surface area contributed by atoms with Gasteiger partial charge in [-0.15, -0.1) is 0 Å². The lowest BCUT2D eigenvalue weighted by molar-refractivity contribution is -0.118. The van der Waals surface area contributed by atoms with Gasteiger partial charge in [0.05, 0.1) is 0 Å². The first-order chi connectivity index (χ1) is 4.24. The predicted octanol–water partition coefficient (Wildman–Crippen LogP) is -0.535. The third kappa shape index (κ3) is 0.984. The molecular formula is C4H5FN2O2. The second-order valence-corrected chi connectivity index (χ2v) is 1.67. The number of imide groups is 1. The summed E-state index contributed by atoms with van der Waals surface area (Å²) >= 11 is 0. The first kappa shape index (κ1) is 6.00. The van der Waals surface area contributed by atoms with Gasteiger partial charge in [0, 0.05) is 0 Å². The highest BCUT2D eigenvalue weighted by Gasteiger charge is 2.25. The van der Waals surface area contributed by atoms with Crippen molar-refractivity contribution in [1.82, 2.24) is 10.2 Å². The van der Waals surface area contributed by atoms with E-state index in [-0.39, 0.29) is 6.54 Å². The van der Waals surface area contributed by atoms with Crippen molar-refractivity contribution in [3.8, 4) is 0 Å². The second kappa shape index (κ2) is 2.00. The van der Waals surface area contributed by atoms with Crippen molar-refractivity contribution in [2.24, 2.45) is 0 Å². The van der Waals surface area contributed by atoms with E-state index < -0.39 is 18.7 Å². The fourth-order valence-electron chi connectivity index (χ4n) is 0.580. The van der Waals surface area contributed by atoms with Crippen molar-refractivity contribution in [2.45, 2.75) is 0 Å². The minimum Gasteiger partial charge on any atom is -0.287 e. The van der Waals surface area contributed by atoms with Crippen LogP contribution in [0.15, 0.2) is 0 Å². The van der Waals surface area contributed by atoms with Crippen LogP contribution in [0.1, 0.15) is 0 Å². The second-order valence-electron chi connectivity index (χ2n) is 1.67. The van der Waals surface area contributed by atoms with Gasteiger partial charge in [-0.2, -0.15) is 0 Å². The molecule has 9 heavy (non-hydrogen) atoms. The molecule has 0 unspecified atom stereocenters. The highest BCUT2D eigenvalue weighted by molar-refractivity contribution is 6.01. The smallest absolute Gasteiger partial charge is 0.287 e. The van der Waals surface area contributed by atoms with Gasteiger partial charge in [-0.3, -0.25) is 15.0 Å². The van der Waals surface area contributed by atoms with Gasteiger partial charge >= 0.3 is 6.03 Å². The van der Waals surface area contributed by atoms with Crippen LogP contribution in [0.25, 0.3) is 0 Å². The lowest BCUT2D eigenvalue weighted by atomic mass is 10.6. The first-order valence-electron chi connectivity index (χ1n) is 2.39. The Bertz CT molecular complexity index is 159. The number of carbonyl (C=O) groups is 2. The Labute approximate surface area is 50.6 Å². The third-order valence-electron chi connectivity index (χ3n) is 1.01. The van der Waals surface area contributed by atoms with Crippen LogP contribution in [-0.4, -0.2) is 30.2 Å². The molecule has 1 rings (SSSR count). The van der Waals surface area contributed by atoms with Crippen LogP contribution in [0.2, 0.25) is 0 Å². The summed E-state index contributed by atoms with van der Waals surface area (Å²) in [6.07, 6.45) is 0. The molecule has 0 aromatic heterocycles. The Kier molecular flexibility index (Phi) is 1.33. The highest BCUT2D eigenvalue weighted by atomic mass is 19.1. The SMILES string of the molecule is O=C1CN(CF)C(=O)N1. The normalized spacial score (nSPS) is 18.6. The molecule has 50 valence electrons. The number of carbonyl (C=O) groups excluding carboxylic acids is 2. The summed E-state index contributed by atoms with van der Waals surface area (Å²) in [5.41, 5.74) is 0. The predicted molar refractivity (Wildman–Crippen MR) is 26.2 cm³/mol. The number of nitrogens with zero attached hydrogens (tertiary/aromatic N) is 1. The van der Waals surface area contributed by atoms with E-state index in [1.165, 1.54) is 0 Å². The molecule has 1 N–H and O–H groups in total. The minimum absolute atomic E-state index is 0.157. The quantitative estimate of drug-likeness (QED) is 0.385. The molecule has 0 spiro atoms. The lowest BCUT2D eigenvalue weighted by Crippen LogP contribution is -2.27. The van der Waals surface area contributed by atoms with Crippen molar-refractivity contribution < 1.29 is 14.0 Å². The molecule has 0 aliphatic carbocycles. The maximum atomic E-state index is 11.6. The standard InChI is InChI=1S/C4H5FN2O2/c5-2-7-1-3(8)6-4(7)9/h1-2H2,(H,6,8,9). The monoisotopic (exact) mass is 132 g/mol. The zero-order valence-electron chi connectivity index (χ0n) is 4.56. The summed E-state index contributed by atoms with van der Waals surface area (Å²) in [6, 6.07) is -0.650. The van der Waals surface area contributed by atoms with Gasteiger partial charge in [0.2, 0.25) is 5.91 Å². The maximum absolute atomic E-state index is 11.6. The van der Waals surface area contributed by atoms with Crippen LogP contribution >= 0.6 is 0 Å². The van der Waals surface area contributed by atoms with Crippen LogP contribution in [0.5, 0.6) is 0 Å². The highest BCUT2D eigenvalue weighted by Crippen LogP contribution is 1.96. The summed E-state index contributed by atoms with van der Waals surface area (Å²) in [5, 5.41) is 1.93. The summed E-state index contributed by atoms with van der Waals surface area (Å²) in [7, 11) is 0. The average Bonchev–Trinajstić information content (AvgIpc) is 2.10. The zero-order chi connectivity index (χ0) is 6.85. The van der Waals surface area contributed by atoms with E-state index in [4.69, 9.17) is 0 Å². The van der Waals surface area contributed by atoms with Crippen LogP contribution in [0.3, 0.4) is 0 Å². The molecule has 0 radical (unpaired) electrons. The van der Waals surface area contributed by atoms with Gasteiger partial charge < -0.3 is 0 Å². The average molecular weight is 132 g/mol. The molecule has 1 aliphatic rings. The Morgan fingerprint density at radius 1 is 1.67 bits per heavy atom. The minimum atomic E-state index is -0.905. The summed E-state index contributed by atoms with van der Waals surface area (Å²) < 4.78 is 11.6. The molecule has 0 atom stereocenters. The van der Waals surface area contributed by atoms with Crippen molar-refractivity contribution in [1.29, 1.82) is 0 Å². The van der Waals surface area contributed by atoms with Crippen molar-refractivity contribution in [3.63, 3.8) is 0 Å². The fourth-order valence-corrected chi connectivity index (χ4v) is 0.580. The molecule has 0 saturated carbocycles. The molecule has 1 fully saturated rings. The molecule has 5 heteroatoms. The summed E-state index contributed by atoms with van der Waals surface area (Å²) in [5.74, 6) is -0.447. The largest absolute Gasteiger partial charge is 0.326 e. The molecule has 1 saturated heterocycles. The number of halogens is 1. The lowest BCUT2D eigenvalue weighted by Gasteiger charge is -2.03. The molecule has 4 nitrogen and oxygen atoms in total. The molecule has 0 aromatic carbocycles. The molecular weight excluding hydrogens is 127 g/mol. The number of hydrogen-bond acceptors (Lipinski definition) is 2. The molecule has 3 amide bonds. The van der Waals surface area contributed by atoms with Crippen molar-refractivity contribution >= 4 is 11.9 Å². The van der Waals surface area contributed by atoms with Gasteiger partial charge in [0.1, 0.15) is 6.54 Å². The van der Waals surface area contributed by atoms with Crippen LogP contribution < -0.4 is 5.32 Å². The molecule has 1 aliphatic heterocycles. The van der Waals surface area contributed by atoms with Crippen LogP contribution in [0.4, 0.5) is 9.18 Å². The fraction of sp³-hybridized carbons (Fsp3) is 0.500. The first-order valence-corrected chi connectivity index (χ1v) is 2.39. The van der Waals surface area contributed by atoms with E-state index in [0.29, 0.717) is 0 Å². The van der Waals surface area contributed by atoms with E-state index >= 15 is 0 Å². The molecule has 0 bridgehead atoms. The van der Waals surface area contributed by atoms with E-state index in [1.807, 2.05) is 5.32 Å². The summed E-state index contributed by atoms with van der Waals surface area (Å²) in [6.45, 7) is -1.06.